The number of hydrogen-bond donors (Lipinski definition) is 2. The van der Waals surface area contributed by atoms with E-state index in [0.717, 1.165) is 24.2 Å². The van der Waals surface area contributed by atoms with Crippen molar-refractivity contribution >= 4 is 17.4 Å². The minimum absolute atomic E-state index is 0.0301. The van der Waals surface area contributed by atoms with E-state index in [-0.39, 0.29) is 5.56 Å². The van der Waals surface area contributed by atoms with E-state index < -0.39 is 17.5 Å². The molecule has 2 N–H and O–H groups in total. The number of carbonyl (C=O) groups excluding carboxylic acids is 1. The molecule has 1 aromatic heterocycles. The molecule has 0 aliphatic rings. The monoisotopic (exact) mass is 305 g/mol. The summed E-state index contributed by atoms with van der Waals surface area (Å²) in [4.78, 5) is 16.0. The molecule has 0 aliphatic carbocycles. The second kappa shape index (κ2) is 6.98. The van der Waals surface area contributed by atoms with Gasteiger partial charge in [0.2, 0.25) is 0 Å². The number of amides is 1. The summed E-state index contributed by atoms with van der Waals surface area (Å²) in [6.45, 7) is 4.13. The molecule has 6 heteroatoms. The van der Waals surface area contributed by atoms with Gasteiger partial charge >= 0.3 is 0 Å². The van der Waals surface area contributed by atoms with Crippen molar-refractivity contribution < 1.29 is 13.6 Å². The van der Waals surface area contributed by atoms with E-state index in [1.807, 2.05) is 0 Å². The Morgan fingerprint density at radius 2 is 2.00 bits per heavy atom. The van der Waals surface area contributed by atoms with Gasteiger partial charge in [0.05, 0.1) is 11.9 Å². The van der Waals surface area contributed by atoms with Crippen molar-refractivity contribution in [3.8, 4) is 0 Å². The van der Waals surface area contributed by atoms with Crippen LogP contribution in [-0.2, 0) is 0 Å². The Hall–Kier alpha value is -2.50. The Balaban J connectivity index is 2.03. The van der Waals surface area contributed by atoms with E-state index in [2.05, 4.69) is 29.5 Å². The van der Waals surface area contributed by atoms with E-state index in [9.17, 15) is 13.6 Å². The van der Waals surface area contributed by atoms with Crippen LogP contribution in [0.3, 0.4) is 0 Å². The quantitative estimate of drug-likeness (QED) is 0.883. The molecule has 2 rings (SSSR count). The number of hydrogen-bond acceptors (Lipinski definition) is 3. The van der Waals surface area contributed by atoms with Crippen LogP contribution in [0.2, 0.25) is 0 Å². The first-order chi connectivity index (χ1) is 10.5. The summed E-state index contributed by atoms with van der Waals surface area (Å²) in [5, 5.41) is 5.78. The van der Waals surface area contributed by atoms with Crippen LogP contribution in [-0.4, -0.2) is 16.9 Å². The standard InChI is InChI=1S/C16H17F2N3O/c1-3-10(2)20-12-5-7-15(19-9-12)21-16(22)11-4-6-13(17)14(18)8-11/h4-10,20H,3H2,1-2H3,(H,19,21,22). The average Bonchev–Trinajstić information content (AvgIpc) is 2.51. The van der Waals surface area contributed by atoms with Crippen molar-refractivity contribution in [1.82, 2.24) is 4.98 Å². The van der Waals surface area contributed by atoms with Gasteiger partial charge in [-0.15, -0.1) is 0 Å². The van der Waals surface area contributed by atoms with Gasteiger partial charge in [0.1, 0.15) is 5.82 Å². The number of nitrogens with zero attached hydrogens (tertiary/aromatic N) is 1. The molecule has 0 spiro atoms. The Bertz CT molecular complexity index is 659. The maximum absolute atomic E-state index is 13.1. The third-order valence-corrected chi connectivity index (χ3v) is 3.21. The van der Waals surface area contributed by atoms with Gasteiger partial charge in [-0.3, -0.25) is 4.79 Å². The zero-order valence-electron chi connectivity index (χ0n) is 12.4. The minimum atomic E-state index is -1.06. The van der Waals surface area contributed by atoms with Crippen molar-refractivity contribution in [3.05, 3.63) is 53.7 Å². The third-order valence-electron chi connectivity index (χ3n) is 3.21. The predicted molar refractivity (Wildman–Crippen MR) is 81.9 cm³/mol. The highest BCUT2D eigenvalue weighted by atomic mass is 19.2. The summed E-state index contributed by atoms with van der Waals surface area (Å²) in [5.41, 5.74) is 0.877. The third kappa shape index (κ3) is 4.00. The number of carbonyl (C=O) groups is 1. The fourth-order valence-corrected chi connectivity index (χ4v) is 1.77. The topological polar surface area (TPSA) is 54.0 Å². The normalized spacial score (nSPS) is 11.8. The van der Waals surface area contributed by atoms with Gasteiger partial charge in [0, 0.05) is 11.6 Å². The summed E-state index contributed by atoms with van der Waals surface area (Å²) < 4.78 is 25.9. The fraction of sp³-hybridized carbons (Fsp3) is 0.250. The van der Waals surface area contributed by atoms with Crippen LogP contribution in [0.5, 0.6) is 0 Å². The average molecular weight is 305 g/mol. The number of halogens is 2. The van der Waals surface area contributed by atoms with Crippen LogP contribution in [0.25, 0.3) is 0 Å². The molecule has 22 heavy (non-hydrogen) atoms. The summed E-state index contributed by atoms with van der Waals surface area (Å²) in [6.07, 6.45) is 2.58. The molecule has 1 amide bonds. The highest BCUT2D eigenvalue weighted by molar-refractivity contribution is 6.03. The predicted octanol–water partition coefficient (Wildman–Crippen LogP) is 3.82. The second-order valence-electron chi connectivity index (χ2n) is 4.97. The molecule has 0 aliphatic heterocycles. The SMILES string of the molecule is CCC(C)Nc1ccc(NC(=O)c2ccc(F)c(F)c2)nc1. The Labute approximate surface area is 127 Å². The van der Waals surface area contributed by atoms with E-state index in [1.54, 1.807) is 18.3 Å². The summed E-state index contributed by atoms with van der Waals surface area (Å²) in [7, 11) is 0. The Morgan fingerprint density at radius 3 is 2.59 bits per heavy atom. The molecule has 0 radical (unpaired) electrons. The van der Waals surface area contributed by atoms with Crippen LogP contribution in [0.1, 0.15) is 30.6 Å². The number of anilines is 2. The molecule has 116 valence electrons. The van der Waals surface area contributed by atoms with Crippen LogP contribution < -0.4 is 10.6 Å². The van der Waals surface area contributed by atoms with Crippen molar-refractivity contribution in [1.29, 1.82) is 0 Å². The summed E-state index contributed by atoms with van der Waals surface area (Å²) in [5.74, 6) is -2.26. The van der Waals surface area contributed by atoms with Crippen LogP contribution in [0, 0.1) is 11.6 Å². The van der Waals surface area contributed by atoms with Crippen LogP contribution in [0.4, 0.5) is 20.3 Å². The molecular formula is C16H17F2N3O. The zero-order chi connectivity index (χ0) is 16.1. The van der Waals surface area contributed by atoms with Crippen molar-refractivity contribution in [2.24, 2.45) is 0 Å². The number of rotatable bonds is 5. The van der Waals surface area contributed by atoms with E-state index in [0.29, 0.717) is 11.9 Å². The fourth-order valence-electron chi connectivity index (χ4n) is 1.77. The number of nitrogens with one attached hydrogen (secondary N) is 2. The smallest absolute Gasteiger partial charge is 0.256 e. The van der Waals surface area contributed by atoms with Gasteiger partial charge in [0.15, 0.2) is 11.6 Å². The van der Waals surface area contributed by atoms with Crippen molar-refractivity contribution in [3.63, 3.8) is 0 Å². The lowest BCUT2D eigenvalue weighted by Gasteiger charge is -2.13. The van der Waals surface area contributed by atoms with Gasteiger partial charge in [-0.05, 0) is 43.7 Å². The lowest BCUT2D eigenvalue weighted by atomic mass is 10.2. The lowest BCUT2D eigenvalue weighted by Crippen LogP contribution is -2.15. The summed E-state index contributed by atoms with van der Waals surface area (Å²) in [6, 6.07) is 6.74. The zero-order valence-corrected chi connectivity index (χ0v) is 12.4. The highest BCUT2D eigenvalue weighted by Gasteiger charge is 2.10. The molecule has 1 heterocycles. The molecule has 0 saturated heterocycles. The van der Waals surface area contributed by atoms with E-state index in [4.69, 9.17) is 0 Å². The molecular weight excluding hydrogens is 288 g/mol. The summed E-state index contributed by atoms with van der Waals surface area (Å²) >= 11 is 0. The van der Waals surface area contributed by atoms with E-state index >= 15 is 0 Å². The number of aromatic nitrogens is 1. The van der Waals surface area contributed by atoms with E-state index in [1.165, 1.54) is 6.07 Å². The Kier molecular flexibility index (Phi) is 5.04. The highest BCUT2D eigenvalue weighted by Crippen LogP contribution is 2.14. The molecule has 4 nitrogen and oxygen atoms in total. The first-order valence-electron chi connectivity index (χ1n) is 6.98. The van der Waals surface area contributed by atoms with Gasteiger partial charge in [-0.25, -0.2) is 13.8 Å². The largest absolute Gasteiger partial charge is 0.381 e. The van der Waals surface area contributed by atoms with Gasteiger partial charge in [0.25, 0.3) is 5.91 Å². The molecule has 0 fully saturated rings. The first kappa shape index (κ1) is 15.9. The molecule has 1 aromatic carbocycles. The lowest BCUT2D eigenvalue weighted by molar-refractivity contribution is 0.102. The van der Waals surface area contributed by atoms with Crippen molar-refractivity contribution in [2.75, 3.05) is 10.6 Å². The maximum atomic E-state index is 13.1. The van der Waals surface area contributed by atoms with Crippen LogP contribution >= 0.6 is 0 Å². The van der Waals surface area contributed by atoms with Crippen LogP contribution in [0.15, 0.2) is 36.5 Å². The number of pyridine rings is 1. The molecule has 0 saturated carbocycles. The molecule has 0 bridgehead atoms. The van der Waals surface area contributed by atoms with Gasteiger partial charge < -0.3 is 10.6 Å². The second-order valence-corrected chi connectivity index (χ2v) is 4.97. The maximum Gasteiger partial charge on any atom is 0.256 e. The molecule has 1 unspecified atom stereocenters. The van der Waals surface area contributed by atoms with Gasteiger partial charge in [-0.1, -0.05) is 6.92 Å². The van der Waals surface area contributed by atoms with Gasteiger partial charge in [-0.2, -0.15) is 0 Å². The minimum Gasteiger partial charge on any atom is -0.381 e. The Morgan fingerprint density at radius 1 is 1.23 bits per heavy atom. The molecule has 1 atom stereocenters. The number of benzene rings is 1. The van der Waals surface area contributed by atoms with Crippen molar-refractivity contribution in [2.45, 2.75) is 26.3 Å². The first-order valence-corrected chi connectivity index (χ1v) is 6.98. The molecule has 2 aromatic rings.